The third-order valence-corrected chi connectivity index (χ3v) is 2.64. The van der Waals surface area contributed by atoms with Crippen molar-refractivity contribution in [2.45, 2.75) is 19.9 Å². The lowest BCUT2D eigenvalue weighted by molar-refractivity contribution is 0.249. The molecular weight excluding hydrogens is 228 g/mol. The maximum atomic E-state index is 11.8. The number of nitrogens with one attached hydrogen (secondary N) is 3. The topological polar surface area (TPSA) is 69.8 Å². The third kappa shape index (κ3) is 3.10. The maximum Gasteiger partial charge on any atom is 0.319 e. The largest absolute Gasteiger partial charge is 0.331 e. The molecule has 1 aromatic heterocycles. The van der Waals surface area contributed by atoms with Crippen LogP contribution in [0.1, 0.15) is 24.1 Å². The number of carbonyl (C=O) groups is 1. The van der Waals surface area contributed by atoms with E-state index in [0.29, 0.717) is 0 Å². The van der Waals surface area contributed by atoms with Gasteiger partial charge in [0.05, 0.1) is 12.2 Å². The Kier molecular flexibility index (Phi) is 3.62. The number of nitrogens with zero attached hydrogens (tertiary/aromatic N) is 1. The summed E-state index contributed by atoms with van der Waals surface area (Å²) in [4.78, 5) is 11.8. The van der Waals surface area contributed by atoms with Gasteiger partial charge in [-0.2, -0.15) is 5.10 Å². The number of amides is 2. The number of carbonyl (C=O) groups excluding carboxylic acids is 1. The lowest BCUT2D eigenvalue weighted by Crippen LogP contribution is -2.30. The molecule has 0 aliphatic carbocycles. The normalized spacial score (nSPS) is 11.9. The lowest BCUT2D eigenvalue weighted by Gasteiger charge is -2.13. The number of hydrogen-bond acceptors (Lipinski definition) is 2. The summed E-state index contributed by atoms with van der Waals surface area (Å²) < 4.78 is 0. The van der Waals surface area contributed by atoms with E-state index in [1.807, 2.05) is 38.1 Å². The zero-order chi connectivity index (χ0) is 13.0. The molecule has 0 aliphatic heterocycles. The summed E-state index contributed by atoms with van der Waals surface area (Å²) in [6.07, 6.45) is 3.45. The van der Waals surface area contributed by atoms with E-state index in [9.17, 15) is 4.79 Å². The van der Waals surface area contributed by atoms with Gasteiger partial charge < -0.3 is 10.6 Å². The van der Waals surface area contributed by atoms with Gasteiger partial charge in [0.2, 0.25) is 0 Å². The van der Waals surface area contributed by atoms with Gasteiger partial charge in [-0.15, -0.1) is 0 Å². The Morgan fingerprint density at radius 2 is 2.28 bits per heavy atom. The molecule has 0 saturated heterocycles. The molecule has 0 aliphatic rings. The van der Waals surface area contributed by atoms with Crippen LogP contribution in [0, 0.1) is 6.92 Å². The molecule has 1 heterocycles. The molecular formula is C13H16N4O. The predicted octanol–water partition coefficient (Wildman–Crippen LogP) is 2.60. The summed E-state index contributed by atoms with van der Waals surface area (Å²) in [6, 6.07) is 7.35. The highest BCUT2D eigenvalue weighted by molar-refractivity contribution is 5.89. The molecule has 18 heavy (non-hydrogen) atoms. The molecule has 2 rings (SSSR count). The van der Waals surface area contributed by atoms with Crippen LogP contribution in [0.3, 0.4) is 0 Å². The van der Waals surface area contributed by atoms with E-state index in [1.54, 1.807) is 12.4 Å². The molecule has 1 atom stereocenters. The fourth-order valence-corrected chi connectivity index (χ4v) is 1.67. The van der Waals surface area contributed by atoms with Crippen LogP contribution in [0.5, 0.6) is 0 Å². The van der Waals surface area contributed by atoms with Gasteiger partial charge in [-0.1, -0.05) is 12.1 Å². The number of aromatic nitrogens is 2. The van der Waals surface area contributed by atoms with Crippen molar-refractivity contribution in [2.24, 2.45) is 0 Å². The fraction of sp³-hybridized carbons (Fsp3) is 0.231. The Labute approximate surface area is 106 Å². The van der Waals surface area contributed by atoms with Crippen LogP contribution >= 0.6 is 0 Å². The van der Waals surface area contributed by atoms with E-state index in [4.69, 9.17) is 0 Å². The highest BCUT2D eigenvalue weighted by atomic mass is 16.2. The van der Waals surface area contributed by atoms with Crippen LogP contribution in [0.25, 0.3) is 0 Å². The minimum Gasteiger partial charge on any atom is -0.331 e. The number of benzene rings is 1. The fourth-order valence-electron chi connectivity index (χ4n) is 1.67. The Balaban J connectivity index is 1.93. The Morgan fingerprint density at radius 3 is 2.94 bits per heavy atom. The van der Waals surface area contributed by atoms with Crippen molar-refractivity contribution in [3.8, 4) is 0 Å². The van der Waals surface area contributed by atoms with E-state index in [-0.39, 0.29) is 12.1 Å². The van der Waals surface area contributed by atoms with Gasteiger partial charge in [-0.3, -0.25) is 5.10 Å². The number of rotatable bonds is 3. The molecule has 0 radical (unpaired) electrons. The second-order valence-corrected chi connectivity index (χ2v) is 4.22. The minimum atomic E-state index is -0.227. The van der Waals surface area contributed by atoms with E-state index < -0.39 is 0 Å². The number of aryl methyl sites for hydroxylation is 1. The van der Waals surface area contributed by atoms with Crippen LogP contribution in [0.15, 0.2) is 36.7 Å². The van der Waals surface area contributed by atoms with Gasteiger partial charge in [0.1, 0.15) is 0 Å². The van der Waals surface area contributed by atoms with Crippen molar-refractivity contribution in [3.05, 3.63) is 47.8 Å². The van der Waals surface area contributed by atoms with Crippen molar-refractivity contribution in [2.75, 3.05) is 5.32 Å². The summed E-state index contributed by atoms with van der Waals surface area (Å²) in [5.74, 6) is 0. The lowest BCUT2D eigenvalue weighted by atomic mass is 10.2. The minimum absolute atomic E-state index is 0.0893. The molecule has 0 bridgehead atoms. The average Bonchev–Trinajstić information content (AvgIpc) is 2.81. The first kappa shape index (κ1) is 12.2. The maximum absolute atomic E-state index is 11.8. The number of hydrogen-bond donors (Lipinski definition) is 3. The van der Waals surface area contributed by atoms with Crippen LogP contribution in [0.4, 0.5) is 10.5 Å². The SMILES string of the molecule is Cc1cccc(NC(=O)NC(C)c2cn[nH]c2)c1. The second kappa shape index (κ2) is 5.35. The Morgan fingerprint density at radius 1 is 1.44 bits per heavy atom. The quantitative estimate of drug-likeness (QED) is 0.776. The number of urea groups is 1. The van der Waals surface area contributed by atoms with Crippen molar-refractivity contribution in [1.29, 1.82) is 0 Å². The van der Waals surface area contributed by atoms with Crippen LogP contribution in [-0.4, -0.2) is 16.2 Å². The van der Waals surface area contributed by atoms with Crippen molar-refractivity contribution in [1.82, 2.24) is 15.5 Å². The van der Waals surface area contributed by atoms with Crippen molar-refractivity contribution < 1.29 is 4.79 Å². The first-order chi connectivity index (χ1) is 8.65. The summed E-state index contributed by atoms with van der Waals surface area (Å²) >= 11 is 0. The predicted molar refractivity (Wildman–Crippen MR) is 70.3 cm³/mol. The molecule has 2 amide bonds. The standard InChI is InChI=1S/C13H16N4O/c1-9-4-3-5-12(6-9)17-13(18)16-10(2)11-7-14-15-8-11/h3-8,10H,1-2H3,(H,14,15)(H2,16,17,18). The van der Waals surface area contributed by atoms with Gasteiger partial charge in [0, 0.05) is 17.4 Å². The summed E-state index contributed by atoms with van der Waals surface area (Å²) in [5, 5.41) is 12.2. The summed E-state index contributed by atoms with van der Waals surface area (Å²) in [5.41, 5.74) is 2.83. The smallest absolute Gasteiger partial charge is 0.319 e. The molecule has 0 fully saturated rings. The molecule has 1 aromatic carbocycles. The van der Waals surface area contributed by atoms with Crippen LogP contribution < -0.4 is 10.6 Å². The molecule has 5 nitrogen and oxygen atoms in total. The van der Waals surface area contributed by atoms with Gasteiger partial charge in [-0.25, -0.2) is 4.79 Å². The molecule has 0 saturated carbocycles. The second-order valence-electron chi connectivity index (χ2n) is 4.22. The van der Waals surface area contributed by atoms with Gasteiger partial charge >= 0.3 is 6.03 Å². The first-order valence-electron chi connectivity index (χ1n) is 5.78. The third-order valence-electron chi connectivity index (χ3n) is 2.64. The Hall–Kier alpha value is -2.30. The van der Waals surface area contributed by atoms with E-state index in [0.717, 1.165) is 16.8 Å². The highest BCUT2D eigenvalue weighted by Gasteiger charge is 2.10. The molecule has 3 N–H and O–H groups in total. The molecule has 5 heteroatoms. The number of anilines is 1. The molecule has 2 aromatic rings. The number of H-pyrrole nitrogens is 1. The van der Waals surface area contributed by atoms with Gasteiger partial charge in [0.15, 0.2) is 0 Å². The number of aromatic amines is 1. The van der Waals surface area contributed by atoms with Crippen LogP contribution in [0.2, 0.25) is 0 Å². The Bertz CT molecular complexity index is 522. The monoisotopic (exact) mass is 244 g/mol. The summed E-state index contributed by atoms with van der Waals surface area (Å²) in [7, 11) is 0. The molecule has 0 spiro atoms. The van der Waals surface area contributed by atoms with E-state index >= 15 is 0 Å². The zero-order valence-corrected chi connectivity index (χ0v) is 10.4. The van der Waals surface area contributed by atoms with Gasteiger partial charge in [-0.05, 0) is 31.5 Å². The van der Waals surface area contributed by atoms with Crippen molar-refractivity contribution >= 4 is 11.7 Å². The molecule has 1 unspecified atom stereocenters. The van der Waals surface area contributed by atoms with E-state index in [1.165, 1.54) is 0 Å². The average molecular weight is 244 g/mol. The zero-order valence-electron chi connectivity index (χ0n) is 10.4. The van der Waals surface area contributed by atoms with Crippen molar-refractivity contribution in [3.63, 3.8) is 0 Å². The van der Waals surface area contributed by atoms with Crippen LogP contribution in [-0.2, 0) is 0 Å². The van der Waals surface area contributed by atoms with E-state index in [2.05, 4.69) is 20.8 Å². The van der Waals surface area contributed by atoms with Gasteiger partial charge in [0.25, 0.3) is 0 Å². The summed E-state index contributed by atoms with van der Waals surface area (Å²) in [6.45, 7) is 3.89. The first-order valence-corrected chi connectivity index (χ1v) is 5.78. The highest BCUT2D eigenvalue weighted by Crippen LogP contribution is 2.11. The molecule has 94 valence electrons.